The SMILES string of the molecule is CC(C)C1CCC(C(O)c2ccc(Cl)cc2)C1(Cn1cncn1)OSCC(NC(=O)CCC(N)C(=O)O)C(=O)O. The van der Waals surface area contributed by atoms with Crippen LogP contribution in [0.2, 0.25) is 5.02 Å². The van der Waals surface area contributed by atoms with Gasteiger partial charge >= 0.3 is 11.9 Å². The molecule has 1 aromatic carbocycles. The number of amides is 1. The third-order valence-electron chi connectivity index (χ3n) is 7.40. The molecule has 0 spiro atoms. The molecule has 2 aromatic rings. The number of nitrogens with two attached hydrogens (primary N) is 1. The van der Waals surface area contributed by atoms with Crippen molar-refractivity contribution >= 4 is 41.5 Å². The maximum Gasteiger partial charge on any atom is 0.327 e. The Hall–Kier alpha value is -2.71. The molecule has 1 amide bonds. The zero-order valence-corrected chi connectivity index (χ0v) is 23.9. The van der Waals surface area contributed by atoms with Gasteiger partial charge in [-0.25, -0.2) is 14.5 Å². The van der Waals surface area contributed by atoms with E-state index in [0.29, 0.717) is 17.0 Å². The summed E-state index contributed by atoms with van der Waals surface area (Å²) in [5, 5.41) is 37.4. The molecule has 220 valence electrons. The number of carbonyl (C=O) groups is 3. The largest absolute Gasteiger partial charge is 0.480 e. The molecule has 1 aliphatic carbocycles. The fourth-order valence-corrected chi connectivity index (χ4v) is 6.43. The van der Waals surface area contributed by atoms with E-state index in [1.807, 2.05) is 0 Å². The maximum absolute atomic E-state index is 12.3. The zero-order chi connectivity index (χ0) is 29.4. The number of carboxylic acid groups (broad SMARTS) is 2. The van der Waals surface area contributed by atoms with Crippen molar-refractivity contribution in [2.75, 3.05) is 5.75 Å². The molecular weight excluding hydrogens is 562 g/mol. The van der Waals surface area contributed by atoms with Crippen LogP contribution in [0.3, 0.4) is 0 Å². The lowest BCUT2D eigenvalue weighted by Gasteiger charge is -2.42. The summed E-state index contributed by atoms with van der Waals surface area (Å²) in [6.07, 6.45) is 3.16. The summed E-state index contributed by atoms with van der Waals surface area (Å²) < 4.78 is 8.18. The Bertz CT molecular complexity index is 1140. The Kier molecular flexibility index (Phi) is 11.3. The lowest BCUT2D eigenvalue weighted by Crippen LogP contribution is -2.49. The molecule has 6 unspecified atom stereocenters. The number of halogens is 1. The third-order valence-corrected chi connectivity index (χ3v) is 8.55. The predicted molar refractivity (Wildman–Crippen MR) is 148 cm³/mol. The molecule has 14 heteroatoms. The summed E-state index contributed by atoms with van der Waals surface area (Å²) in [7, 11) is 0. The molecule has 12 nitrogen and oxygen atoms in total. The van der Waals surface area contributed by atoms with Gasteiger partial charge in [0.1, 0.15) is 30.3 Å². The highest BCUT2D eigenvalue weighted by Gasteiger charge is 2.56. The lowest BCUT2D eigenvalue weighted by molar-refractivity contribution is -0.142. The summed E-state index contributed by atoms with van der Waals surface area (Å²) in [6.45, 7) is 4.43. The summed E-state index contributed by atoms with van der Waals surface area (Å²) in [4.78, 5) is 39.2. The summed E-state index contributed by atoms with van der Waals surface area (Å²) in [5.41, 5.74) is 5.18. The highest BCUT2D eigenvalue weighted by atomic mass is 35.5. The van der Waals surface area contributed by atoms with Crippen molar-refractivity contribution < 1.29 is 33.9 Å². The van der Waals surface area contributed by atoms with Crippen LogP contribution < -0.4 is 11.1 Å². The van der Waals surface area contributed by atoms with E-state index in [1.54, 1.807) is 35.3 Å². The first-order chi connectivity index (χ1) is 18.9. The van der Waals surface area contributed by atoms with Gasteiger partial charge in [-0.3, -0.25) is 9.59 Å². The van der Waals surface area contributed by atoms with Gasteiger partial charge in [-0.15, -0.1) is 0 Å². The molecule has 0 saturated heterocycles. The first kappa shape index (κ1) is 31.8. The van der Waals surface area contributed by atoms with E-state index in [2.05, 4.69) is 29.2 Å². The van der Waals surface area contributed by atoms with Crippen LogP contribution in [-0.4, -0.2) is 71.4 Å². The van der Waals surface area contributed by atoms with Crippen molar-refractivity contribution in [3.05, 3.63) is 47.5 Å². The van der Waals surface area contributed by atoms with E-state index in [9.17, 15) is 24.6 Å². The Balaban J connectivity index is 1.82. The first-order valence-corrected chi connectivity index (χ1v) is 14.3. The van der Waals surface area contributed by atoms with E-state index in [0.717, 1.165) is 18.5 Å². The molecule has 40 heavy (non-hydrogen) atoms. The number of rotatable bonds is 15. The number of nitrogens with zero attached hydrogens (tertiary/aromatic N) is 3. The number of carboxylic acids is 2. The quantitative estimate of drug-likeness (QED) is 0.190. The number of aliphatic hydroxyl groups excluding tert-OH is 1. The Morgan fingerprint density at radius 2 is 1.88 bits per heavy atom. The first-order valence-electron chi connectivity index (χ1n) is 13.0. The van der Waals surface area contributed by atoms with Gasteiger partial charge in [0, 0.05) is 17.4 Å². The summed E-state index contributed by atoms with van der Waals surface area (Å²) in [5.74, 6) is -3.46. The van der Waals surface area contributed by atoms with E-state index < -0.39 is 41.6 Å². The molecule has 0 bridgehead atoms. The lowest BCUT2D eigenvalue weighted by atomic mass is 9.75. The second-order valence-corrected chi connectivity index (χ2v) is 11.6. The molecule has 1 aromatic heterocycles. The van der Waals surface area contributed by atoms with Gasteiger partial charge in [0.15, 0.2) is 0 Å². The number of hydrogen-bond acceptors (Lipinski definition) is 9. The fourth-order valence-electron chi connectivity index (χ4n) is 5.35. The smallest absolute Gasteiger partial charge is 0.327 e. The number of hydrogen-bond donors (Lipinski definition) is 5. The molecule has 0 aliphatic heterocycles. The number of aliphatic carboxylic acids is 2. The molecule has 3 rings (SSSR count). The third kappa shape index (κ3) is 7.94. The minimum Gasteiger partial charge on any atom is -0.480 e. The molecular formula is C26H36ClN5O7S. The molecule has 1 saturated carbocycles. The molecule has 0 radical (unpaired) electrons. The topological polar surface area (TPSA) is 190 Å². The highest BCUT2D eigenvalue weighted by Crippen LogP contribution is 2.54. The molecule has 1 aliphatic rings. The average molecular weight is 598 g/mol. The van der Waals surface area contributed by atoms with Crippen molar-refractivity contribution in [1.82, 2.24) is 20.1 Å². The van der Waals surface area contributed by atoms with Crippen LogP contribution in [0, 0.1) is 17.8 Å². The number of aliphatic hydroxyl groups is 1. The van der Waals surface area contributed by atoms with Crippen LogP contribution in [0.25, 0.3) is 0 Å². The van der Waals surface area contributed by atoms with Crippen molar-refractivity contribution in [2.45, 2.75) is 69.9 Å². The number of nitrogens with one attached hydrogen (secondary N) is 1. The maximum atomic E-state index is 12.3. The van der Waals surface area contributed by atoms with Crippen molar-refractivity contribution in [2.24, 2.45) is 23.5 Å². The van der Waals surface area contributed by atoms with Gasteiger partial charge in [-0.05, 0) is 60.8 Å². The number of benzene rings is 1. The molecule has 6 atom stereocenters. The van der Waals surface area contributed by atoms with Crippen molar-refractivity contribution in [1.29, 1.82) is 0 Å². The Morgan fingerprint density at radius 3 is 2.45 bits per heavy atom. The van der Waals surface area contributed by atoms with Crippen LogP contribution in [0.5, 0.6) is 0 Å². The van der Waals surface area contributed by atoms with E-state index in [4.69, 9.17) is 26.6 Å². The van der Waals surface area contributed by atoms with E-state index >= 15 is 0 Å². The Labute approximate surface area is 241 Å². The van der Waals surface area contributed by atoms with Crippen molar-refractivity contribution in [3.8, 4) is 0 Å². The van der Waals surface area contributed by atoms with Gasteiger partial charge in [-0.2, -0.15) is 5.10 Å². The van der Waals surface area contributed by atoms with Gasteiger partial charge in [-0.1, -0.05) is 37.6 Å². The standard InChI is InChI=1S/C26H36ClN5O7S/c1-15(2)18-7-8-19(23(34)16-3-5-17(27)6-4-16)26(18,12-32-14-29-13-30-32)39-40-11-21(25(37)38)31-22(33)10-9-20(28)24(35)36/h3-6,13-15,18-21,23,34H,7-12,28H2,1-2H3,(H,31,33)(H,35,36)(H,37,38). The fraction of sp³-hybridized carbons (Fsp3) is 0.577. The van der Waals surface area contributed by atoms with Gasteiger partial charge in [0.2, 0.25) is 5.91 Å². The molecule has 1 fully saturated rings. The highest BCUT2D eigenvalue weighted by molar-refractivity contribution is 7.94. The monoisotopic (exact) mass is 597 g/mol. The second-order valence-electron chi connectivity index (χ2n) is 10.4. The van der Waals surface area contributed by atoms with Crippen LogP contribution in [-0.2, 0) is 25.1 Å². The number of carbonyl (C=O) groups excluding carboxylic acids is 1. The van der Waals surface area contributed by atoms with Crippen LogP contribution >= 0.6 is 23.6 Å². The van der Waals surface area contributed by atoms with E-state index in [1.165, 1.54) is 6.33 Å². The van der Waals surface area contributed by atoms with Gasteiger partial charge in [0.25, 0.3) is 0 Å². The van der Waals surface area contributed by atoms with Crippen LogP contribution in [0.4, 0.5) is 0 Å². The van der Waals surface area contributed by atoms with Crippen LogP contribution in [0.1, 0.15) is 51.2 Å². The molecule has 1 heterocycles. The Morgan fingerprint density at radius 1 is 1.20 bits per heavy atom. The summed E-state index contributed by atoms with van der Waals surface area (Å²) in [6, 6.07) is 4.47. The van der Waals surface area contributed by atoms with E-state index in [-0.39, 0.29) is 42.9 Å². The predicted octanol–water partition coefficient (Wildman–Crippen LogP) is 2.51. The number of aromatic nitrogens is 3. The van der Waals surface area contributed by atoms with Gasteiger partial charge < -0.3 is 30.6 Å². The normalized spacial score (nSPS) is 23.1. The minimum atomic E-state index is -1.29. The van der Waals surface area contributed by atoms with Crippen LogP contribution in [0.15, 0.2) is 36.9 Å². The zero-order valence-electron chi connectivity index (χ0n) is 22.4. The molecule has 6 N–H and O–H groups in total. The second kappa shape index (κ2) is 14.3. The van der Waals surface area contributed by atoms with Crippen molar-refractivity contribution in [3.63, 3.8) is 0 Å². The van der Waals surface area contributed by atoms with Gasteiger partial charge in [0.05, 0.1) is 18.4 Å². The average Bonchev–Trinajstić information content (AvgIpc) is 3.54. The minimum absolute atomic E-state index is 0.00785. The summed E-state index contributed by atoms with van der Waals surface area (Å²) >= 11 is 6.97.